The van der Waals surface area contributed by atoms with Gasteiger partial charge in [-0.3, -0.25) is 4.68 Å². The van der Waals surface area contributed by atoms with Gasteiger partial charge < -0.3 is 14.6 Å². The van der Waals surface area contributed by atoms with Gasteiger partial charge in [-0.2, -0.15) is 5.10 Å². The Hall–Kier alpha value is -2.02. The van der Waals surface area contributed by atoms with Gasteiger partial charge >= 0.3 is 0 Å². The highest BCUT2D eigenvalue weighted by atomic mass is 35.5. The number of imidazole rings is 1. The number of ether oxygens (including phenoxy) is 1. The van der Waals surface area contributed by atoms with Gasteiger partial charge in [0.2, 0.25) is 0 Å². The largest absolute Gasteiger partial charge is 0.488 e. The summed E-state index contributed by atoms with van der Waals surface area (Å²) in [5, 5.41) is 8.24. The average molecular weight is 422 g/mol. The van der Waals surface area contributed by atoms with Crippen LogP contribution in [0.5, 0.6) is 5.75 Å². The molecule has 0 fully saturated rings. The fraction of sp³-hybridized carbons (Fsp3) is 0.400. The molecule has 150 valence electrons. The molecule has 28 heavy (non-hydrogen) atoms. The van der Waals surface area contributed by atoms with Crippen molar-refractivity contribution in [3.8, 4) is 17.3 Å². The zero-order valence-electron chi connectivity index (χ0n) is 15.6. The molecule has 0 saturated carbocycles. The van der Waals surface area contributed by atoms with Crippen LogP contribution in [0.4, 0.5) is 0 Å². The minimum atomic E-state index is 0. The van der Waals surface area contributed by atoms with Gasteiger partial charge in [0.1, 0.15) is 17.5 Å². The van der Waals surface area contributed by atoms with Crippen molar-refractivity contribution in [3.05, 3.63) is 54.0 Å². The van der Waals surface area contributed by atoms with Crippen LogP contribution in [0, 0.1) is 0 Å². The van der Waals surface area contributed by atoms with E-state index in [1.165, 1.54) is 11.3 Å². The second-order valence-electron chi connectivity index (χ2n) is 7.06. The van der Waals surface area contributed by atoms with Crippen LogP contribution < -0.4 is 10.1 Å². The van der Waals surface area contributed by atoms with Crippen molar-refractivity contribution in [2.75, 3.05) is 6.54 Å². The van der Waals surface area contributed by atoms with Crippen LogP contribution in [-0.2, 0) is 26.1 Å². The molecule has 2 aromatic heterocycles. The standard InChI is InChI=1S/C20H23N5O.2ClH/c1-2-5-19-15(4-1)6-7-17(26-19)14-24-11-9-22-20(24)18-12-16-13-21-8-3-10-25(16)23-18;;/h1-2,4-5,9,11-12,17,21H,3,6-8,10,13-14H2;2*1H/t17-;;/m1../s1. The van der Waals surface area contributed by atoms with E-state index in [0.717, 1.165) is 62.7 Å². The van der Waals surface area contributed by atoms with Gasteiger partial charge in [0.25, 0.3) is 0 Å². The molecule has 5 rings (SSSR count). The Morgan fingerprint density at radius 3 is 3.04 bits per heavy atom. The van der Waals surface area contributed by atoms with Crippen molar-refractivity contribution < 1.29 is 4.74 Å². The number of para-hydroxylation sites is 1. The average Bonchev–Trinajstić information content (AvgIpc) is 3.23. The van der Waals surface area contributed by atoms with Crippen LogP contribution in [0.25, 0.3) is 11.5 Å². The van der Waals surface area contributed by atoms with Crippen LogP contribution in [0.15, 0.2) is 42.7 Å². The summed E-state index contributed by atoms with van der Waals surface area (Å²) < 4.78 is 10.5. The highest BCUT2D eigenvalue weighted by Gasteiger charge is 2.22. The molecule has 2 aliphatic rings. The molecule has 0 radical (unpaired) electrons. The molecule has 1 N–H and O–H groups in total. The summed E-state index contributed by atoms with van der Waals surface area (Å²) in [6, 6.07) is 10.5. The molecule has 1 atom stereocenters. The highest BCUT2D eigenvalue weighted by Crippen LogP contribution is 2.28. The Morgan fingerprint density at radius 2 is 2.11 bits per heavy atom. The zero-order chi connectivity index (χ0) is 17.3. The fourth-order valence-electron chi connectivity index (χ4n) is 3.89. The number of benzene rings is 1. The van der Waals surface area contributed by atoms with Gasteiger partial charge in [0, 0.05) is 25.5 Å². The minimum absolute atomic E-state index is 0. The quantitative estimate of drug-likeness (QED) is 0.702. The summed E-state index contributed by atoms with van der Waals surface area (Å²) in [6.45, 7) is 3.68. The van der Waals surface area contributed by atoms with Gasteiger partial charge in [-0.05, 0) is 43.5 Å². The lowest BCUT2D eigenvalue weighted by atomic mass is 10.0. The van der Waals surface area contributed by atoms with Crippen LogP contribution in [0.1, 0.15) is 24.1 Å². The molecular formula is C20H25Cl2N5O. The Bertz CT molecular complexity index is 899. The lowest BCUT2D eigenvalue weighted by molar-refractivity contribution is 0.154. The Balaban J connectivity index is 0.00000112. The van der Waals surface area contributed by atoms with Crippen molar-refractivity contribution in [3.63, 3.8) is 0 Å². The van der Waals surface area contributed by atoms with E-state index in [2.05, 4.69) is 43.8 Å². The monoisotopic (exact) mass is 421 g/mol. The summed E-state index contributed by atoms with van der Waals surface area (Å²) in [5.74, 6) is 1.94. The summed E-state index contributed by atoms with van der Waals surface area (Å²) in [7, 11) is 0. The molecule has 2 aliphatic heterocycles. The molecule has 8 heteroatoms. The van der Waals surface area contributed by atoms with Crippen LogP contribution in [-0.4, -0.2) is 32.0 Å². The molecule has 0 bridgehead atoms. The lowest BCUT2D eigenvalue weighted by Gasteiger charge is -2.26. The third-order valence-corrected chi connectivity index (χ3v) is 5.24. The number of aromatic nitrogens is 4. The highest BCUT2D eigenvalue weighted by molar-refractivity contribution is 5.85. The van der Waals surface area contributed by atoms with Crippen LogP contribution in [0.3, 0.4) is 0 Å². The van der Waals surface area contributed by atoms with Crippen molar-refractivity contribution >= 4 is 24.8 Å². The molecular weight excluding hydrogens is 397 g/mol. The predicted molar refractivity (Wildman–Crippen MR) is 113 cm³/mol. The number of nitrogens with one attached hydrogen (secondary N) is 1. The fourth-order valence-corrected chi connectivity index (χ4v) is 3.89. The molecule has 0 unspecified atom stereocenters. The van der Waals surface area contributed by atoms with Gasteiger partial charge in [-0.15, -0.1) is 24.8 Å². The van der Waals surface area contributed by atoms with Crippen molar-refractivity contribution in [1.29, 1.82) is 0 Å². The molecule has 0 saturated heterocycles. The number of nitrogens with zero attached hydrogens (tertiary/aromatic N) is 4. The first-order valence-electron chi connectivity index (χ1n) is 9.40. The zero-order valence-corrected chi connectivity index (χ0v) is 17.2. The van der Waals surface area contributed by atoms with E-state index in [9.17, 15) is 0 Å². The molecule has 0 amide bonds. The molecule has 1 aromatic carbocycles. The number of hydrogen-bond donors (Lipinski definition) is 1. The third-order valence-electron chi connectivity index (χ3n) is 5.24. The molecule has 3 aromatic rings. The Morgan fingerprint density at radius 1 is 1.21 bits per heavy atom. The maximum absolute atomic E-state index is 6.21. The minimum Gasteiger partial charge on any atom is -0.488 e. The van der Waals surface area contributed by atoms with Crippen molar-refractivity contribution in [2.24, 2.45) is 0 Å². The first-order chi connectivity index (χ1) is 12.9. The third kappa shape index (κ3) is 4.04. The molecule has 4 heterocycles. The van der Waals surface area contributed by atoms with E-state index >= 15 is 0 Å². The lowest BCUT2D eigenvalue weighted by Crippen LogP contribution is -2.27. The normalized spacial score (nSPS) is 17.9. The van der Waals surface area contributed by atoms with E-state index < -0.39 is 0 Å². The van der Waals surface area contributed by atoms with E-state index in [1.807, 2.05) is 18.5 Å². The summed E-state index contributed by atoms with van der Waals surface area (Å²) in [5.41, 5.74) is 3.49. The smallest absolute Gasteiger partial charge is 0.160 e. The first kappa shape index (κ1) is 20.7. The van der Waals surface area contributed by atoms with Gasteiger partial charge in [-0.1, -0.05) is 18.2 Å². The summed E-state index contributed by atoms with van der Waals surface area (Å²) in [4.78, 5) is 4.57. The van der Waals surface area contributed by atoms with E-state index in [-0.39, 0.29) is 30.9 Å². The van der Waals surface area contributed by atoms with Crippen molar-refractivity contribution in [2.45, 2.75) is 45.0 Å². The molecule has 0 aliphatic carbocycles. The van der Waals surface area contributed by atoms with E-state index in [4.69, 9.17) is 9.84 Å². The number of aryl methyl sites for hydroxylation is 2. The Labute approximate surface area is 177 Å². The molecule has 6 nitrogen and oxygen atoms in total. The maximum atomic E-state index is 6.21. The summed E-state index contributed by atoms with van der Waals surface area (Å²) >= 11 is 0. The van der Waals surface area contributed by atoms with Gasteiger partial charge in [0.15, 0.2) is 5.82 Å². The topological polar surface area (TPSA) is 56.9 Å². The van der Waals surface area contributed by atoms with E-state index in [1.54, 1.807) is 0 Å². The SMILES string of the molecule is Cl.Cl.c1ccc2c(c1)CC[C@H](Cn1ccnc1-c1cc3n(n1)CCCNC3)O2. The van der Waals surface area contributed by atoms with Crippen LogP contribution in [0.2, 0.25) is 0 Å². The van der Waals surface area contributed by atoms with Crippen LogP contribution >= 0.6 is 24.8 Å². The first-order valence-corrected chi connectivity index (χ1v) is 9.40. The van der Waals surface area contributed by atoms with Gasteiger partial charge in [0.05, 0.1) is 12.2 Å². The molecule has 0 spiro atoms. The number of halogens is 2. The number of hydrogen-bond acceptors (Lipinski definition) is 4. The number of rotatable bonds is 3. The van der Waals surface area contributed by atoms with Gasteiger partial charge in [-0.25, -0.2) is 4.98 Å². The predicted octanol–water partition coefficient (Wildman–Crippen LogP) is 3.48. The number of fused-ring (bicyclic) bond motifs is 2. The maximum Gasteiger partial charge on any atom is 0.160 e. The summed E-state index contributed by atoms with van der Waals surface area (Å²) in [6.07, 6.45) is 7.25. The Kier molecular flexibility index (Phi) is 6.65. The second-order valence-corrected chi connectivity index (χ2v) is 7.06. The second kappa shape index (κ2) is 8.99. The van der Waals surface area contributed by atoms with E-state index in [0.29, 0.717) is 0 Å². The van der Waals surface area contributed by atoms with Crippen molar-refractivity contribution in [1.82, 2.24) is 24.6 Å².